The number of aryl methyl sites for hydroxylation is 1. The normalized spacial score (nSPS) is 22.0. The molecule has 1 saturated carbocycles. The van der Waals surface area contributed by atoms with E-state index in [1.807, 2.05) is 17.5 Å². The second kappa shape index (κ2) is 6.45. The van der Waals surface area contributed by atoms with Crippen LogP contribution in [0.15, 0.2) is 34.2 Å². The van der Waals surface area contributed by atoms with Gasteiger partial charge >= 0.3 is 6.18 Å². The van der Waals surface area contributed by atoms with Crippen molar-refractivity contribution < 1.29 is 22.5 Å². The molecule has 0 radical (unpaired) electrons. The minimum atomic E-state index is -4.43. The van der Waals surface area contributed by atoms with Crippen LogP contribution in [0.1, 0.15) is 41.5 Å². The van der Waals surface area contributed by atoms with Gasteiger partial charge in [-0.05, 0) is 43.6 Å². The fourth-order valence-electron chi connectivity index (χ4n) is 3.96. The van der Waals surface area contributed by atoms with Crippen LogP contribution in [0.5, 0.6) is 0 Å². The molecule has 1 amide bonds. The molecule has 2 aliphatic rings. The van der Waals surface area contributed by atoms with Crippen LogP contribution in [0.2, 0.25) is 0 Å². The summed E-state index contributed by atoms with van der Waals surface area (Å²) in [5.74, 6) is 0.214. The first-order valence-electron chi connectivity index (χ1n) is 9.30. The molecule has 10 heteroatoms. The van der Waals surface area contributed by atoms with E-state index in [4.69, 9.17) is 4.52 Å². The number of thiophene rings is 1. The molecule has 0 spiro atoms. The fourth-order valence-corrected chi connectivity index (χ4v) is 4.63. The number of hydrogen-bond acceptors (Lipinski definition) is 5. The van der Waals surface area contributed by atoms with Gasteiger partial charge in [0.1, 0.15) is 5.82 Å². The molecule has 3 aromatic heterocycles. The molecule has 3 aromatic rings. The third kappa shape index (κ3) is 3.15. The minimum Gasteiger partial charge on any atom is -0.355 e. The van der Waals surface area contributed by atoms with E-state index < -0.39 is 24.2 Å². The topological polar surface area (TPSA) is 64.2 Å². The van der Waals surface area contributed by atoms with Crippen molar-refractivity contribution in [2.45, 2.75) is 44.4 Å². The Balaban J connectivity index is 1.56. The van der Waals surface area contributed by atoms with Crippen LogP contribution in [0.25, 0.3) is 10.6 Å². The van der Waals surface area contributed by atoms with E-state index in [0.717, 1.165) is 22.4 Å². The van der Waals surface area contributed by atoms with Gasteiger partial charge in [0.2, 0.25) is 0 Å². The summed E-state index contributed by atoms with van der Waals surface area (Å²) >= 11 is 1.45. The average molecular weight is 422 g/mol. The van der Waals surface area contributed by atoms with Crippen LogP contribution in [0.4, 0.5) is 19.0 Å². The van der Waals surface area contributed by atoms with Gasteiger partial charge < -0.3 is 4.52 Å². The zero-order chi connectivity index (χ0) is 20.3. The van der Waals surface area contributed by atoms with Crippen molar-refractivity contribution in [3.05, 3.63) is 41.0 Å². The highest BCUT2D eigenvalue weighted by Gasteiger charge is 2.53. The number of amides is 1. The number of carbonyl (C=O) groups is 1. The molecule has 5 rings (SSSR count). The van der Waals surface area contributed by atoms with E-state index in [9.17, 15) is 18.0 Å². The molecule has 0 aromatic carbocycles. The maximum atomic E-state index is 13.7. The van der Waals surface area contributed by atoms with Crippen molar-refractivity contribution in [1.82, 2.24) is 14.9 Å². The molecule has 1 fully saturated rings. The van der Waals surface area contributed by atoms with Gasteiger partial charge in [0.15, 0.2) is 17.5 Å². The molecule has 0 N–H and O–H groups in total. The lowest BCUT2D eigenvalue weighted by Gasteiger charge is -2.40. The Morgan fingerprint density at radius 3 is 2.76 bits per heavy atom. The van der Waals surface area contributed by atoms with E-state index in [-0.39, 0.29) is 23.9 Å². The van der Waals surface area contributed by atoms with Crippen molar-refractivity contribution in [2.75, 3.05) is 4.90 Å². The zero-order valence-corrected chi connectivity index (χ0v) is 16.2. The quantitative estimate of drug-likeness (QED) is 0.606. The smallest absolute Gasteiger partial charge is 0.355 e. The molecule has 1 aliphatic carbocycles. The molecular formula is C19H17F3N4O2S. The predicted octanol–water partition coefficient (Wildman–Crippen LogP) is 4.84. The number of aromatic nitrogens is 3. The molecule has 0 saturated heterocycles. The number of fused-ring (bicyclic) bond motifs is 1. The summed E-state index contributed by atoms with van der Waals surface area (Å²) in [6.45, 7) is 1.62. The number of alkyl halides is 3. The highest BCUT2D eigenvalue weighted by molar-refractivity contribution is 7.13. The van der Waals surface area contributed by atoms with Gasteiger partial charge in [-0.3, -0.25) is 9.69 Å². The van der Waals surface area contributed by atoms with Crippen molar-refractivity contribution >= 4 is 23.1 Å². The Bertz CT molecular complexity index is 1050. The average Bonchev–Trinajstić information content (AvgIpc) is 3.07. The third-order valence-corrected chi connectivity index (χ3v) is 6.32. The summed E-state index contributed by atoms with van der Waals surface area (Å²) in [5.41, 5.74) is 0.512. The minimum absolute atomic E-state index is 0.0522. The molecule has 6 nitrogen and oxygen atoms in total. The summed E-state index contributed by atoms with van der Waals surface area (Å²) in [4.78, 5) is 15.6. The first-order chi connectivity index (χ1) is 13.8. The number of carbonyl (C=O) groups excluding carboxylic acids is 1. The molecule has 152 valence electrons. The van der Waals surface area contributed by atoms with Gasteiger partial charge in [0.25, 0.3) is 5.91 Å². The highest BCUT2D eigenvalue weighted by Crippen LogP contribution is 2.48. The second-order valence-electron chi connectivity index (χ2n) is 7.52. The van der Waals surface area contributed by atoms with Gasteiger partial charge in [-0.2, -0.15) is 18.3 Å². The van der Waals surface area contributed by atoms with E-state index in [0.29, 0.717) is 11.5 Å². The molecule has 29 heavy (non-hydrogen) atoms. The number of nitrogens with zero attached hydrogens (tertiary/aromatic N) is 4. The molecule has 2 atom stereocenters. The molecule has 4 heterocycles. The van der Waals surface area contributed by atoms with E-state index in [2.05, 4.69) is 10.3 Å². The van der Waals surface area contributed by atoms with Gasteiger partial charge in [-0.1, -0.05) is 11.2 Å². The van der Waals surface area contributed by atoms with E-state index in [1.54, 1.807) is 13.0 Å². The monoisotopic (exact) mass is 422 g/mol. The largest absolute Gasteiger partial charge is 0.410 e. The third-order valence-electron chi connectivity index (χ3n) is 5.43. The predicted molar refractivity (Wildman–Crippen MR) is 99.8 cm³/mol. The Labute approximate surface area is 167 Å². The lowest BCUT2D eigenvalue weighted by molar-refractivity contribution is -0.174. The highest BCUT2D eigenvalue weighted by atomic mass is 32.1. The Morgan fingerprint density at radius 1 is 1.31 bits per heavy atom. The van der Waals surface area contributed by atoms with Gasteiger partial charge in [0, 0.05) is 18.2 Å². The van der Waals surface area contributed by atoms with Crippen molar-refractivity contribution in [3.8, 4) is 10.6 Å². The van der Waals surface area contributed by atoms with Crippen molar-refractivity contribution in [1.29, 1.82) is 0 Å². The van der Waals surface area contributed by atoms with Gasteiger partial charge in [0.05, 0.1) is 10.6 Å². The summed E-state index contributed by atoms with van der Waals surface area (Å²) < 4.78 is 47.4. The summed E-state index contributed by atoms with van der Waals surface area (Å²) in [5, 5.41) is 9.82. The van der Waals surface area contributed by atoms with Crippen LogP contribution in [-0.4, -0.2) is 33.1 Å². The lowest BCUT2D eigenvalue weighted by atomic mass is 9.97. The van der Waals surface area contributed by atoms with Crippen LogP contribution in [-0.2, 0) is 0 Å². The fraction of sp³-hybridized carbons (Fsp3) is 0.421. The maximum absolute atomic E-state index is 13.7. The Hall–Kier alpha value is -2.62. The van der Waals surface area contributed by atoms with E-state index >= 15 is 0 Å². The van der Waals surface area contributed by atoms with Crippen LogP contribution < -0.4 is 4.90 Å². The standard InChI is InChI=1S/C19H17F3N4O2S/c1-10-7-17-25(18(27)12-8-14(28-24-12)15-3-2-6-29-15)13(11-4-5-11)9-16(19(20,21)22)26(17)23-10/h2-3,6-8,11,13,16H,4-5,9H2,1H3/t13-,16+/m1/s1. The Kier molecular flexibility index (Phi) is 4.09. The summed E-state index contributed by atoms with van der Waals surface area (Å²) in [6.07, 6.45) is -3.02. The lowest BCUT2D eigenvalue weighted by Crippen LogP contribution is -2.50. The SMILES string of the molecule is Cc1cc2n(n1)[C@H](C(F)(F)F)C[C@H](C1CC1)N2C(=O)c1cc(-c2cccs2)on1. The summed E-state index contributed by atoms with van der Waals surface area (Å²) in [7, 11) is 0. The number of hydrogen-bond donors (Lipinski definition) is 0. The molecule has 0 bridgehead atoms. The summed E-state index contributed by atoms with van der Waals surface area (Å²) in [6, 6.07) is 4.50. The molecular weight excluding hydrogens is 405 g/mol. The second-order valence-corrected chi connectivity index (χ2v) is 8.46. The van der Waals surface area contributed by atoms with Crippen molar-refractivity contribution in [3.63, 3.8) is 0 Å². The number of halogens is 3. The first kappa shape index (κ1) is 18.4. The number of anilines is 1. The van der Waals surface area contributed by atoms with Crippen molar-refractivity contribution in [2.24, 2.45) is 5.92 Å². The van der Waals surface area contributed by atoms with Gasteiger partial charge in [-0.25, -0.2) is 4.68 Å². The van der Waals surface area contributed by atoms with Crippen LogP contribution in [0.3, 0.4) is 0 Å². The molecule has 1 aliphatic heterocycles. The number of rotatable bonds is 3. The Morgan fingerprint density at radius 2 is 2.10 bits per heavy atom. The van der Waals surface area contributed by atoms with Crippen LogP contribution >= 0.6 is 11.3 Å². The zero-order valence-electron chi connectivity index (χ0n) is 15.4. The maximum Gasteiger partial charge on any atom is 0.410 e. The first-order valence-corrected chi connectivity index (χ1v) is 10.2. The van der Waals surface area contributed by atoms with E-state index in [1.165, 1.54) is 22.3 Å². The van der Waals surface area contributed by atoms with Crippen LogP contribution in [0, 0.1) is 12.8 Å². The van der Waals surface area contributed by atoms with Gasteiger partial charge in [-0.15, -0.1) is 11.3 Å². The molecule has 0 unspecified atom stereocenters.